The summed E-state index contributed by atoms with van der Waals surface area (Å²) < 4.78 is 2.97. The third-order valence-corrected chi connectivity index (χ3v) is 4.27. The van der Waals surface area contributed by atoms with E-state index < -0.39 is 0 Å². The first-order chi connectivity index (χ1) is 10.3. The third kappa shape index (κ3) is 3.02. The topological polar surface area (TPSA) is 42.2 Å². The SMILES string of the molecule is CCCC(Nc1nccn2ncc(I)c12)c1ccccc1. The van der Waals surface area contributed by atoms with Crippen LogP contribution in [0.1, 0.15) is 31.4 Å². The van der Waals surface area contributed by atoms with Crippen LogP contribution in [-0.2, 0) is 0 Å². The van der Waals surface area contributed by atoms with Crippen molar-refractivity contribution in [2.45, 2.75) is 25.8 Å². The van der Waals surface area contributed by atoms with Gasteiger partial charge in [0.15, 0.2) is 5.82 Å². The Morgan fingerprint density at radius 3 is 2.86 bits per heavy atom. The molecule has 0 aliphatic heterocycles. The van der Waals surface area contributed by atoms with Gasteiger partial charge in [0, 0.05) is 12.4 Å². The number of halogens is 1. The maximum atomic E-state index is 4.51. The Labute approximate surface area is 137 Å². The van der Waals surface area contributed by atoms with Gasteiger partial charge in [-0.1, -0.05) is 43.7 Å². The Morgan fingerprint density at radius 2 is 2.10 bits per heavy atom. The molecule has 0 aliphatic rings. The van der Waals surface area contributed by atoms with Gasteiger partial charge in [-0.05, 0) is 34.6 Å². The van der Waals surface area contributed by atoms with Gasteiger partial charge in [0.1, 0.15) is 5.52 Å². The molecule has 0 saturated carbocycles. The van der Waals surface area contributed by atoms with Gasteiger partial charge in [-0.15, -0.1) is 0 Å². The monoisotopic (exact) mass is 392 g/mol. The molecule has 0 spiro atoms. The highest BCUT2D eigenvalue weighted by molar-refractivity contribution is 14.1. The zero-order valence-electron chi connectivity index (χ0n) is 11.8. The molecule has 1 aromatic carbocycles. The highest BCUT2D eigenvalue weighted by Gasteiger charge is 2.14. The van der Waals surface area contributed by atoms with E-state index in [4.69, 9.17) is 0 Å². The predicted molar refractivity (Wildman–Crippen MR) is 93.4 cm³/mol. The second kappa shape index (κ2) is 6.43. The van der Waals surface area contributed by atoms with Crippen molar-refractivity contribution >= 4 is 33.9 Å². The molecule has 0 fully saturated rings. The summed E-state index contributed by atoms with van der Waals surface area (Å²) in [5, 5.41) is 7.92. The van der Waals surface area contributed by atoms with Gasteiger partial charge in [0.05, 0.1) is 15.8 Å². The Morgan fingerprint density at radius 1 is 1.29 bits per heavy atom. The molecular weight excluding hydrogens is 375 g/mol. The number of hydrogen-bond donors (Lipinski definition) is 1. The molecule has 1 N–H and O–H groups in total. The fourth-order valence-electron chi connectivity index (χ4n) is 2.47. The van der Waals surface area contributed by atoms with Crippen molar-refractivity contribution in [2.75, 3.05) is 5.32 Å². The first-order valence-corrected chi connectivity index (χ1v) is 8.16. The average molecular weight is 392 g/mol. The predicted octanol–water partition coefficient (Wildman–Crippen LogP) is 4.29. The molecule has 1 unspecified atom stereocenters. The first kappa shape index (κ1) is 14.3. The van der Waals surface area contributed by atoms with Crippen molar-refractivity contribution in [2.24, 2.45) is 0 Å². The molecule has 0 radical (unpaired) electrons. The molecule has 2 aromatic heterocycles. The molecule has 108 valence electrons. The lowest BCUT2D eigenvalue weighted by Crippen LogP contribution is -2.12. The van der Waals surface area contributed by atoms with E-state index in [1.54, 1.807) is 6.20 Å². The lowest BCUT2D eigenvalue weighted by Gasteiger charge is -2.19. The van der Waals surface area contributed by atoms with Crippen LogP contribution in [0.5, 0.6) is 0 Å². The molecule has 0 bridgehead atoms. The van der Waals surface area contributed by atoms with Crippen LogP contribution in [0.15, 0.2) is 48.9 Å². The number of nitrogens with zero attached hydrogens (tertiary/aromatic N) is 3. The number of rotatable bonds is 5. The van der Waals surface area contributed by atoms with Crippen molar-refractivity contribution < 1.29 is 0 Å². The summed E-state index contributed by atoms with van der Waals surface area (Å²) >= 11 is 2.30. The molecule has 2 heterocycles. The largest absolute Gasteiger partial charge is 0.361 e. The summed E-state index contributed by atoms with van der Waals surface area (Å²) in [4.78, 5) is 4.51. The first-order valence-electron chi connectivity index (χ1n) is 7.09. The normalized spacial score (nSPS) is 12.5. The minimum atomic E-state index is 0.264. The number of fused-ring (bicyclic) bond motifs is 1. The van der Waals surface area contributed by atoms with Crippen molar-refractivity contribution in [3.8, 4) is 0 Å². The lowest BCUT2D eigenvalue weighted by atomic mass is 10.0. The summed E-state index contributed by atoms with van der Waals surface area (Å²) in [6, 6.07) is 10.8. The van der Waals surface area contributed by atoms with Crippen LogP contribution < -0.4 is 5.32 Å². The summed E-state index contributed by atoms with van der Waals surface area (Å²) in [6.07, 6.45) is 7.70. The van der Waals surface area contributed by atoms with E-state index in [0.29, 0.717) is 0 Å². The molecule has 21 heavy (non-hydrogen) atoms. The van der Waals surface area contributed by atoms with Crippen LogP contribution >= 0.6 is 22.6 Å². The van der Waals surface area contributed by atoms with Crippen LogP contribution in [0.4, 0.5) is 5.82 Å². The van der Waals surface area contributed by atoms with Crippen LogP contribution in [0.3, 0.4) is 0 Å². The van der Waals surface area contributed by atoms with Gasteiger partial charge in [0.25, 0.3) is 0 Å². The van der Waals surface area contributed by atoms with Crippen LogP contribution in [-0.4, -0.2) is 14.6 Å². The van der Waals surface area contributed by atoms with E-state index in [1.807, 2.05) is 23.0 Å². The van der Waals surface area contributed by atoms with Crippen LogP contribution in [0.2, 0.25) is 0 Å². The molecule has 5 heteroatoms. The van der Waals surface area contributed by atoms with E-state index in [1.165, 1.54) is 5.56 Å². The molecule has 3 rings (SSSR count). The summed E-state index contributed by atoms with van der Waals surface area (Å²) in [7, 11) is 0. The average Bonchev–Trinajstić information content (AvgIpc) is 2.90. The number of anilines is 1. The van der Waals surface area contributed by atoms with Crippen molar-refractivity contribution in [1.29, 1.82) is 0 Å². The molecule has 4 nitrogen and oxygen atoms in total. The third-order valence-electron chi connectivity index (χ3n) is 3.48. The number of hydrogen-bond acceptors (Lipinski definition) is 3. The van der Waals surface area contributed by atoms with E-state index >= 15 is 0 Å². The van der Waals surface area contributed by atoms with Crippen LogP contribution in [0.25, 0.3) is 5.52 Å². The van der Waals surface area contributed by atoms with Crippen molar-refractivity contribution in [1.82, 2.24) is 14.6 Å². The molecule has 0 amide bonds. The molecule has 1 atom stereocenters. The van der Waals surface area contributed by atoms with E-state index in [-0.39, 0.29) is 6.04 Å². The zero-order valence-corrected chi connectivity index (χ0v) is 14.0. The highest BCUT2D eigenvalue weighted by Crippen LogP contribution is 2.27. The summed E-state index contributed by atoms with van der Waals surface area (Å²) in [5.41, 5.74) is 2.33. The second-order valence-corrected chi connectivity index (χ2v) is 6.12. The van der Waals surface area contributed by atoms with Crippen molar-refractivity contribution in [3.63, 3.8) is 0 Å². The molecular formula is C16H17IN4. The quantitative estimate of drug-likeness (QED) is 0.659. The summed E-state index contributed by atoms with van der Waals surface area (Å²) in [5.74, 6) is 0.890. The number of benzene rings is 1. The highest BCUT2D eigenvalue weighted by atomic mass is 127. The smallest absolute Gasteiger partial charge is 0.153 e. The molecule has 0 saturated heterocycles. The number of aromatic nitrogens is 3. The standard InChI is InChI=1S/C16H17IN4/c1-2-6-14(12-7-4-3-5-8-12)20-16-15-13(17)11-19-21(15)10-9-18-16/h3-5,7-11,14H,2,6H2,1H3,(H,18,20). The Bertz CT molecular complexity index is 723. The lowest BCUT2D eigenvalue weighted by molar-refractivity contribution is 0.674. The van der Waals surface area contributed by atoms with Gasteiger partial charge < -0.3 is 5.32 Å². The minimum Gasteiger partial charge on any atom is -0.361 e. The van der Waals surface area contributed by atoms with Gasteiger partial charge in [-0.3, -0.25) is 0 Å². The van der Waals surface area contributed by atoms with Gasteiger partial charge >= 0.3 is 0 Å². The van der Waals surface area contributed by atoms with E-state index in [9.17, 15) is 0 Å². The Kier molecular flexibility index (Phi) is 4.38. The maximum Gasteiger partial charge on any atom is 0.153 e. The van der Waals surface area contributed by atoms with Gasteiger partial charge in [-0.25, -0.2) is 9.50 Å². The fourth-order valence-corrected chi connectivity index (χ4v) is 3.10. The fraction of sp³-hybridized carbons (Fsp3) is 0.250. The van der Waals surface area contributed by atoms with Crippen LogP contribution in [0, 0.1) is 3.57 Å². The van der Waals surface area contributed by atoms with Gasteiger partial charge in [-0.2, -0.15) is 5.10 Å². The minimum absolute atomic E-state index is 0.264. The number of nitrogens with one attached hydrogen (secondary N) is 1. The Balaban J connectivity index is 1.96. The van der Waals surface area contributed by atoms with E-state index in [0.717, 1.165) is 27.7 Å². The summed E-state index contributed by atoms with van der Waals surface area (Å²) in [6.45, 7) is 2.20. The van der Waals surface area contributed by atoms with Gasteiger partial charge in [0.2, 0.25) is 0 Å². The molecule has 3 aromatic rings. The zero-order chi connectivity index (χ0) is 14.7. The second-order valence-electron chi connectivity index (χ2n) is 4.96. The molecule has 0 aliphatic carbocycles. The Hall–Kier alpha value is -1.63. The van der Waals surface area contributed by atoms with E-state index in [2.05, 4.69) is 69.2 Å². The van der Waals surface area contributed by atoms with Crippen molar-refractivity contribution in [3.05, 3.63) is 58.1 Å². The maximum absolute atomic E-state index is 4.51.